The molecule has 1 N–H and O–H groups in total. The van der Waals surface area contributed by atoms with E-state index in [1.807, 2.05) is 0 Å². The van der Waals surface area contributed by atoms with Gasteiger partial charge in [0.15, 0.2) is 5.84 Å². The smallest absolute Gasteiger partial charge is 0.198 e. The molecule has 1 aliphatic heterocycles. The Balaban J connectivity index is 1.98. The van der Waals surface area contributed by atoms with Crippen molar-refractivity contribution in [1.82, 2.24) is 0 Å². The van der Waals surface area contributed by atoms with Crippen LogP contribution >= 0.6 is 0 Å². The summed E-state index contributed by atoms with van der Waals surface area (Å²) < 4.78 is 0.919. The van der Waals surface area contributed by atoms with Crippen LogP contribution in [0.4, 0.5) is 0 Å². The molecule has 0 saturated heterocycles. The van der Waals surface area contributed by atoms with Gasteiger partial charge in [0.25, 0.3) is 0 Å². The van der Waals surface area contributed by atoms with Crippen LogP contribution in [0, 0.1) is 0 Å². The molecule has 152 valence electrons. The van der Waals surface area contributed by atoms with Gasteiger partial charge in [-0.1, -0.05) is 76.9 Å². The van der Waals surface area contributed by atoms with Crippen molar-refractivity contribution in [3.05, 3.63) is 12.2 Å². The fraction of sp³-hybridized carbons (Fsp3) is 0.870. The van der Waals surface area contributed by atoms with Crippen molar-refractivity contribution in [2.45, 2.75) is 97.3 Å². The lowest BCUT2D eigenvalue weighted by Crippen LogP contribution is -2.52. The molecule has 0 spiro atoms. The third kappa shape index (κ3) is 9.32. The third-order valence-corrected chi connectivity index (χ3v) is 5.93. The van der Waals surface area contributed by atoms with Crippen LogP contribution in [0.3, 0.4) is 0 Å². The van der Waals surface area contributed by atoms with Gasteiger partial charge in [-0.2, -0.15) is 0 Å². The summed E-state index contributed by atoms with van der Waals surface area (Å²) in [5, 5.41) is 9.35. The van der Waals surface area contributed by atoms with Crippen LogP contribution in [0.15, 0.2) is 17.1 Å². The summed E-state index contributed by atoms with van der Waals surface area (Å²) in [6.45, 7) is 8.67. The van der Waals surface area contributed by atoms with E-state index in [-0.39, 0.29) is 6.61 Å². The number of quaternary nitrogens is 1. The van der Waals surface area contributed by atoms with E-state index in [1.165, 1.54) is 76.5 Å². The number of amidine groups is 1. The number of likely N-dealkylation sites (N-methyl/N-ethyl adjacent to an activating group) is 1. The third-order valence-electron chi connectivity index (χ3n) is 5.93. The Morgan fingerprint density at radius 2 is 1.50 bits per heavy atom. The molecule has 1 aliphatic rings. The van der Waals surface area contributed by atoms with Gasteiger partial charge in [0.1, 0.15) is 13.1 Å². The number of hydrogen-bond donors (Lipinski definition) is 1. The lowest BCUT2D eigenvalue weighted by atomic mass is 10.1. The van der Waals surface area contributed by atoms with Gasteiger partial charge in [0.2, 0.25) is 0 Å². The zero-order valence-electron chi connectivity index (χ0n) is 17.7. The zero-order valence-corrected chi connectivity index (χ0v) is 17.7. The molecule has 1 atom stereocenters. The first-order chi connectivity index (χ1) is 12.8. The average Bonchev–Trinajstić information content (AvgIpc) is 3.05. The topological polar surface area (TPSA) is 32.6 Å². The Hall–Kier alpha value is -0.670. The number of aliphatic imine (C=N–C) groups is 1. The fourth-order valence-electron chi connectivity index (χ4n) is 4.09. The summed E-state index contributed by atoms with van der Waals surface area (Å²) in [5.41, 5.74) is 0. The molecule has 0 aromatic heterocycles. The van der Waals surface area contributed by atoms with Crippen LogP contribution in [-0.2, 0) is 0 Å². The molecule has 0 amide bonds. The SMILES string of the molecule is CCCCCCCCCCCC/C=C/CCC1=NCC[N+]1(CC)CCO. The molecule has 0 aliphatic carbocycles. The summed E-state index contributed by atoms with van der Waals surface area (Å²) in [6, 6.07) is 0. The molecular weight excluding hydrogens is 320 g/mol. The Morgan fingerprint density at radius 3 is 2.12 bits per heavy atom. The molecule has 0 aromatic carbocycles. The maximum Gasteiger partial charge on any atom is 0.198 e. The summed E-state index contributed by atoms with van der Waals surface area (Å²) >= 11 is 0. The van der Waals surface area contributed by atoms with Crippen molar-refractivity contribution < 1.29 is 9.59 Å². The highest BCUT2D eigenvalue weighted by Crippen LogP contribution is 2.18. The Labute approximate surface area is 163 Å². The Kier molecular flexibility index (Phi) is 13.8. The van der Waals surface area contributed by atoms with Crippen molar-refractivity contribution in [3.63, 3.8) is 0 Å². The minimum Gasteiger partial charge on any atom is -0.390 e. The molecule has 1 heterocycles. The molecule has 3 heteroatoms. The number of unbranched alkanes of at least 4 members (excludes halogenated alkanes) is 10. The predicted octanol–water partition coefficient (Wildman–Crippen LogP) is 5.87. The molecule has 0 aromatic rings. The second-order valence-electron chi connectivity index (χ2n) is 7.91. The van der Waals surface area contributed by atoms with Crippen LogP contribution in [0.1, 0.15) is 97.3 Å². The van der Waals surface area contributed by atoms with Crippen LogP contribution in [0.25, 0.3) is 0 Å². The average molecular weight is 366 g/mol. The van der Waals surface area contributed by atoms with E-state index in [1.54, 1.807) is 0 Å². The van der Waals surface area contributed by atoms with E-state index in [4.69, 9.17) is 4.99 Å². The lowest BCUT2D eigenvalue weighted by molar-refractivity contribution is -0.835. The molecule has 3 nitrogen and oxygen atoms in total. The number of aliphatic hydroxyl groups excluding tert-OH is 1. The van der Waals surface area contributed by atoms with Crippen molar-refractivity contribution in [3.8, 4) is 0 Å². The zero-order chi connectivity index (χ0) is 18.9. The molecule has 0 fully saturated rings. The van der Waals surface area contributed by atoms with Crippen LogP contribution < -0.4 is 0 Å². The number of hydrogen-bond acceptors (Lipinski definition) is 2. The maximum absolute atomic E-state index is 9.35. The Morgan fingerprint density at radius 1 is 0.885 bits per heavy atom. The van der Waals surface area contributed by atoms with Gasteiger partial charge in [0.05, 0.1) is 19.7 Å². The van der Waals surface area contributed by atoms with E-state index in [0.717, 1.165) is 43.5 Å². The molecule has 0 saturated carbocycles. The van der Waals surface area contributed by atoms with E-state index < -0.39 is 0 Å². The minimum atomic E-state index is 0.265. The predicted molar refractivity (Wildman–Crippen MR) is 115 cm³/mol. The standard InChI is InChI=1S/C23H45N2O/c1-3-5-6-7-8-9-10-11-12-13-14-15-16-17-18-23-24-19-20-25(23,4-2)21-22-26/h15-16,26H,3-14,17-22H2,1-2H3/q+1/b16-15+. The van der Waals surface area contributed by atoms with E-state index in [0.29, 0.717) is 0 Å². The minimum absolute atomic E-state index is 0.265. The first-order valence-electron chi connectivity index (χ1n) is 11.4. The monoisotopic (exact) mass is 365 g/mol. The summed E-state index contributed by atoms with van der Waals surface area (Å²) in [7, 11) is 0. The first-order valence-corrected chi connectivity index (χ1v) is 11.4. The van der Waals surface area contributed by atoms with Crippen molar-refractivity contribution in [2.75, 3.05) is 32.8 Å². The van der Waals surface area contributed by atoms with E-state index >= 15 is 0 Å². The molecule has 0 bridgehead atoms. The van der Waals surface area contributed by atoms with Crippen molar-refractivity contribution in [1.29, 1.82) is 0 Å². The number of nitrogens with zero attached hydrogens (tertiary/aromatic N) is 2. The largest absolute Gasteiger partial charge is 0.390 e. The van der Waals surface area contributed by atoms with Gasteiger partial charge < -0.3 is 5.11 Å². The van der Waals surface area contributed by atoms with Gasteiger partial charge in [0, 0.05) is 6.42 Å². The van der Waals surface area contributed by atoms with Gasteiger partial charge in [-0.15, -0.1) is 0 Å². The number of aliphatic hydroxyl groups is 1. The second kappa shape index (κ2) is 15.4. The van der Waals surface area contributed by atoms with Gasteiger partial charge in [-0.3, -0.25) is 4.48 Å². The molecular formula is C23H45N2O+. The first kappa shape index (κ1) is 23.4. The lowest BCUT2D eigenvalue weighted by Gasteiger charge is -2.32. The summed E-state index contributed by atoms with van der Waals surface area (Å²) in [4.78, 5) is 4.72. The number of allylic oxidation sites excluding steroid dienone is 2. The van der Waals surface area contributed by atoms with E-state index in [2.05, 4.69) is 26.0 Å². The maximum atomic E-state index is 9.35. The summed E-state index contributed by atoms with van der Waals surface area (Å²) in [6.07, 6.45) is 22.2. The van der Waals surface area contributed by atoms with E-state index in [9.17, 15) is 5.11 Å². The molecule has 1 rings (SSSR count). The Bertz CT molecular complexity index is 392. The quantitative estimate of drug-likeness (QED) is 0.195. The summed E-state index contributed by atoms with van der Waals surface area (Å²) in [5.74, 6) is 1.31. The second-order valence-corrected chi connectivity index (χ2v) is 7.91. The van der Waals surface area contributed by atoms with Crippen LogP contribution in [0.5, 0.6) is 0 Å². The van der Waals surface area contributed by atoms with Crippen LogP contribution in [-0.4, -0.2) is 48.2 Å². The number of rotatable bonds is 17. The molecule has 26 heavy (non-hydrogen) atoms. The van der Waals surface area contributed by atoms with Gasteiger partial charge in [-0.25, -0.2) is 4.99 Å². The van der Waals surface area contributed by atoms with Crippen LogP contribution in [0.2, 0.25) is 0 Å². The highest BCUT2D eigenvalue weighted by atomic mass is 16.3. The van der Waals surface area contributed by atoms with Crippen molar-refractivity contribution >= 4 is 5.84 Å². The molecule has 1 unspecified atom stereocenters. The van der Waals surface area contributed by atoms with Gasteiger partial charge in [-0.05, 0) is 26.2 Å². The highest BCUT2D eigenvalue weighted by Gasteiger charge is 2.35. The normalized spacial score (nSPS) is 20.2. The van der Waals surface area contributed by atoms with Gasteiger partial charge >= 0.3 is 0 Å². The highest BCUT2D eigenvalue weighted by molar-refractivity contribution is 5.77. The molecule has 0 radical (unpaired) electrons. The fourth-order valence-corrected chi connectivity index (χ4v) is 4.09. The van der Waals surface area contributed by atoms with Crippen molar-refractivity contribution in [2.24, 2.45) is 4.99 Å².